The number of hydrogen-bond donors (Lipinski definition) is 2. The van der Waals surface area contributed by atoms with Gasteiger partial charge in [0, 0.05) is 0 Å². The van der Waals surface area contributed by atoms with Crippen molar-refractivity contribution in [3.8, 4) is 0 Å². The zero-order valence-electron chi connectivity index (χ0n) is 22.3. The van der Waals surface area contributed by atoms with Crippen molar-refractivity contribution >= 4 is 17.0 Å². The van der Waals surface area contributed by atoms with Gasteiger partial charge in [-0.05, 0) is 21.7 Å². The molecule has 1 aliphatic heterocycles. The summed E-state index contributed by atoms with van der Waals surface area (Å²) in [4.78, 5) is 13.7. The van der Waals surface area contributed by atoms with Crippen LogP contribution in [0.15, 0.2) is 97.3 Å². The Labute approximate surface area is 236 Å². The van der Waals surface area contributed by atoms with E-state index in [1.807, 2.05) is 91.0 Å². The molecule has 4 atom stereocenters. The number of hydrogen-bond acceptors (Lipinski definition) is 7. The number of rotatable bonds is 12. The summed E-state index contributed by atoms with van der Waals surface area (Å²) in [6.45, 7) is 1.39. The molecule has 1 saturated heterocycles. The normalized spacial score (nSPS) is 20.4. The highest BCUT2D eigenvalue weighted by molar-refractivity contribution is 5.79. The average molecular weight is 557 g/mol. The first-order valence-electron chi connectivity index (χ1n) is 13.5. The van der Waals surface area contributed by atoms with Gasteiger partial charge < -0.3 is 24.3 Å². The van der Waals surface area contributed by atoms with E-state index in [0.29, 0.717) is 31.0 Å². The van der Waals surface area contributed by atoms with Crippen LogP contribution in [-0.4, -0.2) is 46.1 Å². The van der Waals surface area contributed by atoms with Crippen LogP contribution >= 0.6 is 0 Å². The number of aromatic nitrogens is 4. The van der Waals surface area contributed by atoms with Gasteiger partial charge in [-0.15, -0.1) is 4.39 Å². The summed E-state index contributed by atoms with van der Waals surface area (Å²) in [6.07, 6.45) is -1.56. The summed E-state index contributed by atoms with van der Waals surface area (Å²) in [5.74, 6) is 0.250. The van der Waals surface area contributed by atoms with Crippen molar-refractivity contribution in [1.82, 2.24) is 15.0 Å². The number of nitrogens with zero attached hydrogens (tertiary/aromatic N) is 2. The Bertz CT molecular complexity index is 1520. The second-order valence-electron chi connectivity index (χ2n) is 9.76. The van der Waals surface area contributed by atoms with Crippen molar-refractivity contribution in [3.63, 3.8) is 0 Å². The molecule has 0 spiro atoms. The number of aromatic amines is 2. The molecule has 10 heteroatoms. The van der Waals surface area contributed by atoms with E-state index < -0.39 is 30.6 Å². The first-order chi connectivity index (χ1) is 20.2. The van der Waals surface area contributed by atoms with Gasteiger partial charge in [-0.2, -0.15) is 4.98 Å². The van der Waals surface area contributed by atoms with Crippen LogP contribution in [0.2, 0.25) is 0 Å². The van der Waals surface area contributed by atoms with E-state index in [1.165, 1.54) is 0 Å². The van der Waals surface area contributed by atoms with Gasteiger partial charge in [-0.3, -0.25) is 4.98 Å². The van der Waals surface area contributed by atoms with Gasteiger partial charge in [-0.1, -0.05) is 91.0 Å². The van der Waals surface area contributed by atoms with Crippen molar-refractivity contribution in [2.24, 2.45) is 0 Å². The van der Waals surface area contributed by atoms with Crippen LogP contribution < -0.4 is 10.3 Å². The largest absolute Gasteiger partial charge is 0.386 e. The molecule has 1 fully saturated rings. The molecule has 0 radical (unpaired) electrons. The Balaban J connectivity index is 1.26. The molecule has 0 saturated carbocycles. The fourth-order valence-corrected chi connectivity index (χ4v) is 4.85. The molecule has 0 amide bonds. The fourth-order valence-electron chi connectivity index (χ4n) is 4.85. The highest BCUT2D eigenvalue weighted by Gasteiger charge is 2.47. The molecule has 1 unspecified atom stereocenters. The van der Waals surface area contributed by atoms with Crippen LogP contribution in [0, 0.1) is 6.08 Å². The summed E-state index contributed by atoms with van der Waals surface area (Å²) in [5.41, 5.74) is 3.94. The Kier molecular flexibility index (Phi) is 8.53. The Morgan fingerprint density at radius 2 is 1.37 bits per heavy atom. The van der Waals surface area contributed by atoms with E-state index in [4.69, 9.17) is 18.9 Å². The summed E-state index contributed by atoms with van der Waals surface area (Å²) in [5, 5.41) is 3.24. The lowest BCUT2D eigenvalue weighted by atomic mass is 10.1. The maximum absolute atomic E-state index is 14.3. The zero-order chi connectivity index (χ0) is 27.9. The van der Waals surface area contributed by atoms with E-state index in [-0.39, 0.29) is 12.4 Å². The van der Waals surface area contributed by atoms with E-state index in [0.717, 1.165) is 16.7 Å². The topological polar surface area (TPSA) is 105 Å². The van der Waals surface area contributed by atoms with Crippen molar-refractivity contribution in [2.45, 2.75) is 44.4 Å². The molecule has 210 valence electrons. The van der Waals surface area contributed by atoms with Crippen LogP contribution in [-0.2, 0) is 38.8 Å². The Morgan fingerprint density at radius 3 is 2.00 bits per heavy atom. The van der Waals surface area contributed by atoms with Gasteiger partial charge in [0.05, 0.1) is 26.4 Å². The van der Waals surface area contributed by atoms with Gasteiger partial charge in [0.1, 0.15) is 18.3 Å². The van der Waals surface area contributed by atoms with Crippen LogP contribution in [0.5, 0.6) is 0 Å². The molecule has 1 aliphatic rings. The number of H-pyrrole nitrogens is 2. The van der Waals surface area contributed by atoms with Gasteiger partial charge >= 0.3 is 11.7 Å². The number of fused-ring (bicyclic) bond motifs is 1. The minimum Gasteiger partial charge on any atom is -0.374 e. The lowest BCUT2D eigenvalue weighted by Crippen LogP contribution is -2.41. The zero-order valence-corrected chi connectivity index (χ0v) is 22.3. The molecule has 0 bridgehead atoms. The third-order valence-electron chi connectivity index (χ3n) is 6.86. The van der Waals surface area contributed by atoms with Crippen molar-refractivity contribution in [1.29, 1.82) is 0 Å². The first kappa shape index (κ1) is 27.0. The molecule has 5 aromatic rings. The number of ether oxygens (including phenoxy) is 4. The molecular formula is C31H31FN5O4+. The van der Waals surface area contributed by atoms with Gasteiger partial charge in [0.25, 0.3) is 0 Å². The number of imidazole rings is 1. The van der Waals surface area contributed by atoms with Crippen molar-refractivity contribution in [2.75, 3.05) is 11.9 Å². The average Bonchev–Trinajstić information content (AvgIpc) is 3.61. The Hall–Kier alpha value is -4.22. The number of nitrogens with one attached hydrogen (secondary N) is 3. The van der Waals surface area contributed by atoms with E-state index in [9.17, 15) is 4.39 Å². The summed E-state index contributed by atoms with van der Waals surface area (Å²) < 4.78 is 39.8. The summed E-state index contributed by atoms with van der Waals surface area (Å²) in [6, 6.07) is 29.8. The number of benzene rings is 3. The highest BCUT2D eigenvalue weighted by Crippen LogP contribution is 2.31. The third-order valence-corrected chi connectivity index (χ3v) is 6.86. The van der Waals surface area contributed by atoms with Crippen molar-refractivity contribution < 1.29 is 28.3 Å². The van der Waals surface area contributed by atoms with E-state index >= 15 is 0 Å². The molecule has 0 aliphatic carbocycles. The molecule has 3 aromatic carbocycles. The minimum absolute atomic E-state index is 0.250. The molecule has 3 heterocycles. The lowest BCUT2D eigenvalue weighted by molar-refractivity contribution is -0.347. The SMILES string of the molecule is Fc1nc(NC2O[C@H](COCc3ccccc3)[C@@H](OCc3ccccc3)[C@@H]2OCc2ccccc2)c2[nH]c[nH+]c2n1. The van der Waals surface area contributed by atoms with Crippen LogP contribution in [0.25, 0.3) is 11.2 Å². The summed E-state index contributed by atoms with van der Waals surface area (Å²) in [7, 11) is 0. The van der Waals surface area contributed by atoms with Gasteiger partial charge in [0.2, 0.25) is 5.52 Å². The highest BCUT2D eigenvalue weighted by atomic mass is 19.1. The second kappa shape index (κ2) is 13.0. The summed E-state index contributed by atoms with van der Waals surface area (Å²) >= 11 is 0. The van der Waals surface area contributed by atoms with Gasteiger partial charge in [0.15, 0.2) is 18.4 Å². The molecule has 3 N–H and O–H groups in total. The monoisotopic (exact) mass is 556 g/mol. The predicted molar refractivity (Wildman–Crippen MR) is 149 cm³/mol. The van der Waals surface area contributed by atoms with Crippen LogP contribution in [0.4, 0.5) is 10.2 Å². The molecule has 41 heavy (non-hydrogen) atoms. The molecular weight excluding hydrogens is 525 g/mol. The smallest absolute Gasteiger partial charge is 0.374 e. The van der Waals surface area contributed by atoms with Gasteiger partial charge in [-0.25, -0.2) is 4.98 Å². The predicted octanol–water partition coefficient (Wildman–Crippen LogP) is 4.44. The molecule has 6 rings (SSSR count). The van der Waals surface area contributed by atoms with Crippen molar-refractivity contribution in [3.05, 3.63) is 120 Å². The maximum Gasteiger partial charge on any atom is 0.386 e. The quantitative estimate of drug-likeness (QED) is 0.219. The standard InChI is InChI=1S/C31H30FN5O4/c32-31-36-28-25(33-20-34-28)29(37-31)35-30-27(40-18-23-14-8-3-9-15-23)26(39-17-22-12-6-2-7-13-22)24(41-30)19-38-16-21-10-4-1-5-11-21/h1-15,20,24,26-27,30H,16-19H2,(H2,33,34,35,36,37)/p+1/t24-,26-,27+,30?/m1/s1. The van der Waals surface area contributed by atoms with E-state index in [2.05, 4.69) is 25.3 Å². The third kappa shape index (κ3) is 6.75. The first-order valence-corrected chi connectivity index (χ1v) is 13.5. The minimum atomic E-state index is -0.866. The van der Waals surface area contributed by atoms with E-state index in [1.54, 1.807) is 6.33 Å². The second-order valence-corrected chi connectivity index (χ2v) is 9.76. The number of halogens is 1. The fraction of sp³-hybridized carbons (Fsp3) is 0.258. The maximum atomic E-state index is 14.3. The molecule has 2 aromatic heterocycles. The Morgan fingerprint density at radius 1 is 0.780 bits per heavy atom. The molecule has 9 nitrogen and oxygen atoms in total. The van der Waals surface area contributed by atoms with Crippen LogP contribution in [0.1, 0.15) is 16.7 Å². The van der Waals surface area contributed by atoms with Crippen LogP contribution in [0.3, 0.4) is 0 Å². The lowest BCUT2D eigenvalue weighted by Gasteiger charge is -2.25. The number of anilines is 1.